The number of fused-ring (bicyclic) bond motifs is 1. The van der Waals surface area contributed by atoms with E-state index >= 15 is 0 Å². The van der Waals surface area contributed by atoms with Crippen molar-refractivity contribution in [2.45, 2.75) is 63.8 Å². The van der Waals surface area contributed by atoms with E-state index in [2.05, 4.69) is 48.8 Å². The average Bonchev–Trinajstić information content (AvgIpc) is 3.16. The van der Waals surface area contributed by atoms with E-state index in [9.17, 15) is 0 Å². The maximum Gasteiger partial charge on any atom is 0.192 e. The molecule has 3 atom stereocenters. The van der Waals surface area contributed by atoms with Gasteiger partial charge in [-0.1, -0.05) is 20.8 Å². The van der Waals surface area contributed by atoms with Crippen molar-refractivity contribution in [3.8, 4) is 0 Å². The molecule has 1 aliphatic heterocycles. The van der Waals surface area contributed by atoms with Crippen LogP contribution in [0.4, 0.5) is 5.82 Å². The van der Waals surface area contributed by atoms with Crippen LogP contribution in [-0.4, -0.2) is 46.7 Å². The van der Waals surface area contributed by atoms with E-state index in [4.69, 9.17) is 25.6 Å². The summed E-state index contributed by atoms with van der Waals surface area (Å²) in [5.41, 5.74) is 7.04. The Hall–Kier alpha value is -1.59. The molecular weight excluding hydrogens is 352 g/mol. The predicted octanol–water partition coefficient (Wildman–Crippen LogP) is 1.98. The van der Waals surface area contributed by atoms with Crippen molar-refractivity contribution >= 4 is 25.3 Å². The van der Waals surface area contributed by atoms with Crippen molar-refractivity contribution in [2.24, 2.45) is 5.90 Å². The van der Waals surface area contributed by atoms with Crippen LogP contribution in [0.3, 0.4) is 0 Å². The minimum Gasteiger partial charge on any atom is -0.414 e. The first-order chi connectivity index (χ1) is 12.1. The van der Waals surface area contributed by atoms with E-state index in [1.165, 1.54) is 6.33 Å². The number of hydrogen-bond donors (Lipinski definition) is 2. The molecule has 1 saturated heterocycles. The molecule has 1 aliphatic rings. The van der Waals surface area contributed by atoms with Gasteiger partial charge >= 0.3 is 0 Å². The standard InChI is InChI=1S/C16H28N6O3Si/c1-16(2,3)26(4,5)23-7-11-10(25-18)6-12(24-11)22-9-21-13-14(17)19-8-20-15(13)22/h8-12H,6-7,18H2,1-5H3,(H2,17,19,20)/t10?,11-,12-/m1/s1. The average molecular weight is 381 g/mol. The fourth-order valence-corrected chi connectivity index (χ4v) is 3.77. The van der Waals surface area contributed by atoms with E-state index in [1.54, 1.807) is 6.33 Å². The Balaban J connectivity index is 1.75. The van der Waals surface area contributed by atoms with Crippen molar-refractivity contribution in [1.29, 1.82) is 0 Å². The van der Waals surface area contributed by atoms with Crippen LogP contribution in [0.1, 0.15) is 33.4 Å². The first-order valence-electron chi connectivity index (χ1n) is 8.72. The van der Waals surface area contributed by atoms with Crippen molar-refractivity contribution in [2.75, 3.05) is 12.3 Å². The molecule has 0 amide bonds. The summed E-state index contributed by atoms with van der Waals surface area (Å²) in [7, 11) is -1.89. The quantitative estimate of drug-likeness (QED) is 0.596. The largest absolute Gasteiger partial charge is 0.414 e. The van der Waals surface area contributed by atoms with Gasteiger partial charge in [-0.25, -0.2) is 20.8 Å². The molecule has 0 aromatic carbocycles. The Kier molecular flexibility index (Phi) is 5.06. The lowest BCUT2D eigenvalue weighted by molar-refractivity contribution is -0.0587. The number of ether oxygens (including phenoxy) is 1. The highest BCUT2D eigenvalue weighted by atomic mass is 28.4. The molecule has 0 radical (unpaired) electrons. The van der Waals surface area contributed by atoms with Gasteiger partial charge < -0.3 is 14.9 Å². The number of imidazole rings is 1. The number of nitrogens with zero attached hydrogens (tertiary/aromatic N) is 4. The second kappa shape index (κ2) is 6.85. The molecule has 2 aromatic heterocycles. The normalized spacial score (nSPS) is 24.5. The molecule has 2 aromatic rings. The van der Waals surface area contributed by atoms with Gasteiger partial charge in [0.2, 0.25) is 0 Å². The third-order valence-electron chi connectivity index (χ3n) is 5.47. The molecule has 3 rings (SSSR count). The maximum atomic E-state index is 6.29. The summed E-state index contributed by atoms with van der Waals surface area (Å²) in [6, 6.07) is 0. The highest BCUT2D eigenvalue weighted by molar-refractivity contribution is 6.74. The summed E-state index contributed by atoms with van der Waals surface area (Å²) in [6.45, 7) is 11.5. The van der Waals surface area contributed by atoms with Gasteiger partial charge in [0.15, 0.2) is 19.8 Å². The summed E-state index contributed by atoms with van der Waals surface area (Å²) in [5, 5.41) is 0.124. The summed E-state index contributed by atoms with van der Waals surface area (Å²) in [6.07, 6.45) is 2.84. The van der Waals surface area contributed by atoms with Crippen LogP contribution in [0.15, 0.2) is 12.7 Å². The van der Waals surface area contributed by atoms with E-state index in [-0.39, 0.29) is 23.5 Å². The van der Waals surface area contributed by atoms with Crippen LogP contribution in [0.2, 0.25) is 18.1 Å². The molecule has 1 fully saturated rings. The molecular formula is C16H28N6O3Si. The van der Waals surface area contributed by atoms with Crippen molar-refractivity contribution in [1.82, 2.24) is 19.5 Å². The van der Waals surface area contributed by atoms with Gasteiger partial charge in [0.25, 0.3) is 0 Å². The van der Waals surface area contributed by atoms with Crippen LogP contribution in [-0.2, 0) is 14.0 Å². The first kappa shape index (κ1) is 19.2. The topological polar surface area (TPSA) is 123 Å². The van der Waals surface area contributed by atoms with Crippen LogP contribution >= 0.6 is 0 Å². The molecule has 144 valence electrons. The summed E-state index contributed by atoms with van der Waals surface area (Å²) >= 11 is 0. The van der Waals surface area contributed by atoms with E-state index in [1.807, 2.05) is 4.57 Å². The van der Waals surface area contributed by atoms with Gasteiger partial charge in [-0.05, 0) is 18.1 Å². The van der Waals surface area contributed by atoms with Crippen LogP contribution in [0, 0.1) is 0 Å². The second-order valence-electron chi connectivity index (χ2n) is 8.19. The van der Waals surface area contributed by atoms with Gasteiger partial charge in [0.1, 0.15) is 30.3 Å². The molecule has 1 unspecified atom stereocenters. The molecule has 0 bridgehead atoms. The molecule has 3 heterocycles. The van der Waals surface area contributed by atoms with Gasteiger partial charge in [0.05, 0.1) is 12.9 Å². The Morgan fingerprint density at radius 3 is 2.69 bits per heavy atom. The number of anilines is 1. The first-order valence-corrected chi connectivity index (χ1v) is 11.6. The Morgan fingerprint density at radius 2 is 2.04 bits per heavy atom. The lowest BCUT2D eigenvalue weighted by Crippen LogP contribution is -2.44. The van der Waals surface area contributed by atoms with Crippen LogP contribution in [0.25, 0.3) is 11.2 Å². The molecule has 26 heavy (non-hydrogen) atoms. The summed E-state index contributed by atoms with van der Waals surface area (Å²) < 4.78 is 14.3. The molecule has 0 saturated carbocycles. The smallest absolute Gasteiger partial charge is 0.192 e. The van der Waals surface area contributed by atoms with Gasteiger partial charge in [-0.3, -0.25) is 9.40 Å². The SMILES string of the molecule is CC(C)(C)[Si](C)(C)OC[C@H]1O[C@@H](n2cnc3c(N)ncnc32)CC1ON. The molecule has 0 aliphatic carbocycles. The predicted molar refractivity (Wildman–Crippen MR) is 100 cm³/mol. The lowest BCUT2D eigenvalue weighted by atomic mass is 10.2. The molecule has 10 heteroatoms. The Bertz CT molecular complexity index is 775. The fraction of sp³-hybridized carbons (Fsp3) is 0.688. The zero-order chi connectivity index (χ0) is 19.1. The van der Waals surface area contributed by atoms with Crippen molar-refractivity contribution < 1.29 is 14.0 Å². The third kappa shape index (κ3) is 3.47. The second-order valence-corrected chi connectivity index (χ2v) is 13.0. The molecule has 0 spiro atoms. The lowest BCUT2D eigenvalue weighted by Gasteiger charge is -2.37. The van der Waals surface area contributed by atoms with Crippen LogP contribution < -0.4 is 11.6 Å². The van der Waals surface area contributed by atoms with Crippen molar-refractivity contribution in [3.05, 3.63) is 12.7 Å². The van der Waals surface area contributed by atoms with E-state index in [0.717, 1.165) is 0 Å². The minimum atomic E-state index is -1.89. The van der Waals surface area contributed by atoms with E-state index in [0.29, 0.717) is 30.0 Å². The summed E-state index contributed by atoms with van der Waals surface area (Å²) in [4.78, 5) is 17.7. The van der Waals surface area contributed by atoms with Crippen molar-refractivity contribution in [3.63, 3.8) is 0 Å². The van der Waals surface area contributed by atoms with Gasteiger partial charge in [0, 0.05) is 6.42 Å². The monoisotopic (exact) mass is 380 g/mol. The number of nitrogens with two attached hydrogens (primary N) is 2. The highest BCUT2D eigenvalue weighted by Crippen LogP contribution is 2.38. The maximum absolute atomic E-state index is 6.29. The number of hydrogen-bond acceptors (Lipinski definition) is 8. The molecule has 9 nitrogen and oxygen atoms in total. The number of aromatic nitrogens is 4. The Morgan fingerprint density at radius 1 is 1.31 bits per heavy atom. The summed E-state index contributed by atoms with van der Waals surface area (Å²) in [5.74, 6) is 5.85. The van der Waals surface area contributed by atoms with Gasteiger partial charge in [-0.2, -0.15) is 0 Å². The number of nitrogen functional groups attached to an aromatic ring is 1. The zero-order valence-corrected chi connectivity index (χ0v) is 17.0. The highest BCUT2D eigenvalue weighted by Gasteiger charge is 2.42. The van der Waals surface area contributed by atoms with E-state index < -0.39 is 8.32 Å². The zero-order valence-electron chi connectivity index (χ0n) is 16.0. The Labute approximate surface area is 154 Å². The number of rotatable bonds is 5. The fourth-order valence-electron chi connectivity index (χ4n) is 2.75. The van der Waals surface area contributed by atoms with Gasteiger partial charge in [-0.15, -0.1) is 0 Å². The van der Waals surface area contributed by atoms with Crippen LogP contribution in [0.5, 0.6) is 0 Å². The third-order valence-corrected chi connectivity index (χ3v) is 9.97. The molecule has 4 N–H and O–H groups in total. The minimum absolute atomic E-state index is 0.124.